The summed E-state index contributed by atoms with van der Waals surface area (Å²) in [6.07, 6.45) is 0. The van der Waals surface area contributed by atoms with Crippen LogP contribution in [0.25, 0.3) is 11.3 Å². The zero-order chi connectivity index (χ0) is 15.4. The first-order valence-electron chi connectivity index (χ1n) is 7.31. The predicted octanol–water partition coefficient (Wildman–Crippen LogP) is 5.05. The average molecular weight is 306 g/mol. The van der Waals surface area contributed by atoms with Crippen molar-refractivity contribution in [1.29, 1.82) is 0 Å². The molecule has 1 heterocycles. The van der Waals surface area contributed by atoms with Gasteiger partial charge in [-0.25, -0.2) is 0 Å². The molecule has 3 aromatic rings. The lowest BCUT2D eigenvalue weighted by Gasteiger charge is -2.06. The van der Waals surface area contributed by atoms with E-state index in [9.17, 15) is 0 Å². The van der Waals surface area contributed by atoms with Gasteiger partial charge in [-0.15, -0.1) is 10.2 Å². The molecule has 0 amide bonds. The van der Waals surface area contributed by atoms with E-state index in [0.29, 0.717) is 0 Å². The number of thioether (sulfide) groups is 1. The van der Waals surface area contributed by atoms with E-state index in [1.165, 1.54) is 16.7 Å². The summed E-state index contributed by atoms with van der Waals surface area (Å²) in [4.78, 5) is 0. The largest absolute Gasteiger partial charge is 0.149 e. The van der Waals surface area contributed by atoms with Crippen LogP contribution < -0.4 is 0 Å². The van der Waals surface area contributed by atoms with Gasteiger partial charge >= 0.3 is 0 Å². The summed E-state index contributed by atoms with van der Waals surface area (Å²) in [5.41, 5.74) is 5.96. The van der Waals surface area contributed by atoms with E-state index in [1.54, 1.807) is 11.8 Å². The van der Waals surface area contributed by atoms with Gasteiger partial charge in [0, 0.05) is 11.3 Å². The lowest BCUT2D eigenvalue weighted by atomic mass is 10.1. The molecule has 0 spiro atoms. The highest BCUT2D eigenvalue weighted by molar-refractivity contribution is 7.98. The van der Waals surface area contributed by atoms with E-state index in [1.807, 2.05) is 12.1 Å². The Bertz CT molecular complexity index is 766. The Morgan fingerprint density at radius 1 is 0.773 bits per heavy atom. The van der Waals surface area contributed by atoms with Gasteiger partial charge in [0.1, 0.15) is 5.03 Å². The molecule has 0 bridgehead atoms. The normalized spacial score (nSPS) is 10.6. The Morgan fingerprint density at radius 2 is 1.50 bits per heavy atom. The van der Waals surface area contributed by atoms with Crippen molar-refractivity contribution in [2.45, 2.75) is 24.6 Å². The van der Waals surface area contributed by atoms with Gasteiger partial charge in [0.15, 0.2) is 0 Å². The number of hydrogen-bond acceptors (Lipinski definition) is 3. The van der Waals surface area contributed by atoms with Crippen LogP contribution in [-0.2, 0) is 5.75 Å². The number of benzene rings is 2. The molecule has 3 heteroatoms. The Morgan fingerprint density at radius 3 is 2.18 bits per heavy atom. The van der Waals surface area contributed by atoms with Gasteiger partial charge in [-0.3, -0.25) is 0 Å². The van der Waals surface area contributed by atoms with E-state index in [-0.39, 0.29) is 0 Å². The van der Waals surface area contributed by atoms with Crippen molar-refractivity contribution in [2.24, 2.45) is 0 Å². The second-order valence-electron chi connectivity index (χ2n) is 5.29. The smallest absolute Gasteiger partial charge is 0.119 e. The van der Waals surface area contributed by atoms with Gasteiger partial charge in [0.25, 0.3) is 0 Å². The predicted molar refractivity (Wildman–Crippen MR) is 92.9 cm³/mol. The first-order chi connectivity index (χ1) is 10.7. The summed E-state index contributed by atoms with van der Waals surface area (Å²) < 4.78 is 0. The van der Waals surface area contributed by atoms with Crippen molar-refractivity contribution in [3.8, 4) is 11.3 Å². The van der Waals surface area contributed by atoms with E-state index in [4.69, 9.17) is 0 Å². The molecule has 2 aromatic carbocycles. The third-order valence-electron chi connectivity index (χ3n) is 3.70. The van der Waals surface area contributed by atoms with E-state index in [2.05, 4.69) is 72.6 Å². The number of nitrogens with zero attached hydrogens (tertiary/aromatic N) is 2. The van der Waals surface area contributed by atoms with Crippen molar-refractivity contribution >= 4 is 11.8 Å². The van der Waals surface area contributed by atoms with Gasteiger partial charge < -0.3 is 0 Å². The summed E-state index contributed by atoms with van der Waals surface area (Å²) in [5.74, 6) is 0.922. The molecular weight excluding hydrogens is 288 g/mol. The van der Waals surface area contributed by atoms with Crippen molar-refractivity contribution in [2.75, 3.05) is 0 Å². The molecule has 1 aromatic heterocycles. The van der Waals surface area contributed by atoms with Crippen molar-refractivity contribution in [3.05, 3.63) is 77.4 Å². The van der Waals surface area contributed by atoms with Crippen LogP contribution in [0.5, 0.6) is 0 Å². The second kappa shape index (κ2) is 6.75. The first kappa shape index (κ1) is 14.8. The molecule has 0 radical (unpaired) electrons. The Labute approximate surface area is 135 Å². The van der Waals surface area contributed by atoms with Gasteiger partial charge in [-0.1, -0.05) is 60.3 Å². The number of aromatic nitrogens is 2. The maximum Gasteiger partial charge on any atom is 0.119 e. The van der Waals surface area contributed by atoms with Crippen molar-refractivity contribution in [1.82, 2.24) is 10.2 Å². The van der Waals surface area contributed by atoms with Crippen LogP contribution >= 0.6 is 11.8 Å². The second-order valence-corrected chi connectivity index (χ2v) is 6.28. The molecule has 110 valence electrons. The van der Waals surface area contributed by atoms with Crippen molar-refractivity contribution in [3.63, 3.8) is 0 Å². The third-order valence-corrected chi connectivity index (χ3v) is 4.67. The monoisotopic (exact) mass is 306 g/mol. The Hall–Kier alpha value is -2.13. The van der Waals surface area contributed by atoms with Crippen LogP contribution in [0.1, 0.15) is 16.7 Å². The van der Waals surface area contributed by atoms with Crippen LogP contribution in [0, 0.1) is 13.8 Å². The van der Waals surface area contributed by atoms with Gasteiger partial charge in [0.05, 0.1) is 5.69 Å². The summed E-state index contributed by atoms with van der Waals surface area (Å²) in [6, 6.07) is 20.8. The number of aryl methyl sites for hydroxylation is 2. The molecule has 0 N–H and O–H groups in total. The molecule has 0 atom stereocenters. The molecular formula is C19H18N2S. The maximum absolute atomic E-state index is 4.37. The molecule has 0 aliphatic carbocycles. The van der Waals surface area contributed by atoms with Gasteiger partial charge in [0.2, 0.25) is 0 Å². The van der Waals surface area contributed by atoms with Crippen LogP contribution in [0.15, 0.2) is 65.7 Å². The highest BCUT2D eigenvalue weighted by Crippen LogP contribution is 2.25. The molecule has 0 aliphatic heterocycles. The molecule has 0 unspecified atom stereocenters. The zero-order valence-electron chi connectivity index (χ0n) is 12.8. The quantitative estimate of drug-likeness (QED) is 0.631. The van der Waals surface area contributed by atoms with Gasteiger partial charge in [-0.05, 0) is 42.7 Å². The van der Waals surface area contributed by atoms with E-state index in [0.717, 1.165) is 22.0 Å². The molecule has 0 aliphatic rings. The summed E-state index contributed by atoms with van der Waals surface area (Å²) in [5, 5.41) is 9.69. The Kier molecular flexibility index (Phi) is 4.54. The zero-order valence-corrected chi connectivity index (χ0v) is 13.6. The standard InChI is InChI=1S/C19H18N2S/c1-14-7-3-5-9-16(14)13-22-19-12-11-18(20-21-19)17-10-6-4-8-15(17)2/h3-12H,13H2,1-2H3. The topological polar surface area (TPSA) is 25.8 Å². The fourth-order valence-corrected chi connectivity index (χ4v) is 3.21. The third kappa shape index (κ3) is 3.37. The highest BCUT2D eigenvalue weighted by Gasteiger charge is 2.05. The molecule has 0 saturated heterocycles. The highest BCUT2D eigenvalue weighted by atomic mass is 32.2. The molecule has 22 heavy (non-hydrogen) atoms. The summed E-state index contributed by atoms with van der Waals surface area (Å²) in [6.45, 7) is 4.24. The summed E-state index contributed by atoms with van der Waals surface area (Å²) >= 11 is 1.72. The van der Waals surface area contributed by atoms with Crippen LogP contribution in [0.3, 0.4) is 0 Å². The van der Waals surface area contributed by atoms with E-state index >= 15 is 0 Å². The van der Waals surface area contributed by atoms with Crippen molar-refractivity contribution < 1.29 is 0 Å². The van der Waals surface area contributed by atoms with Crippen LogP contribution in [0.4, 0.5) is 0 Å². The lowest BCUT2D eigenvalue weighted by molar-refractivity contribution is 0.934. The summed E-state index contributed by atoms with van der Waals surface area (Å²) in [7, 11) is 0. The minimum absolute atomic E-state index is 0.922. The van der Waals surface area contributed by atoms with Crippen LogP contribution in [0.2, 0.25) is 0 Å². The number of hydrogen-bond donors (Lipinski definition) is 0. The molecule has 0 saturated carbocycles. The van der Waals surface area contributed by atoms with Gasteiger partial charge in [-0.2, -0.15) is 0 Å². The minimum Gasteiger partial charge on any atom is -0.149 e. The molecule has 3 rings (SSSR count). The fourth-order valence-electron chi connectivity index (χ4n) is 2.32. The maximum atomic E-state index is 4.37. The SMILES string of the molecule is Cc1ccccc1CSc1ccc(-c2ccccc2C)nn1. The average Bonchev–Trinajstić information content (AvgIpc) is 2.55. The van der Waals surface area contributed by atoms with E-state index < -0.39 is 0 Å². The minimum atomic E-state index is 0.922. The number of rotatable bonds is 4. The van der Waals surface area contributed by atoms with Crippen LogP contribution in [-0.4, -0.2) is 10.2 Å². The lowest BCUT2D eigenvalue weighted by Crippen LogP contribution is -1.92. The molecule has 2 nitrogen and oxygen atoms in total. The fraction of sp³-hybridized carbons (Fsp3) is 0.158. The molecule has 0 fully saturated rings. The Balaban J connectivity index is 1.72. The first-order valence-corrected chi connectivity index (χ1v) is 8.29.